The third-order valence-corrected chi connectivity index (χ3v) is 3.60. The van der Waals surface area contributed by atoms with E-state index in [2.05, 4.69) is 4.99 Å². The number of hydrogen-bond acceptors (Lipinski definition) is 5. The van der Waals surface area contributed by atoms with E-state index in [9.17, 15) is 9.59 Å². The van der Waals surface area contributed by atoms with Crippen molar-refractivity contribution in [1.29, 1.82) is 0 Å². The number of carbonyl (C=O) groups is 2. The minimum atomic E-state index is -1.02. The summed E-state index contributed by atoms with van der Waals surface area (Å²) in [5.74, 6) is -0.953. The summed E-state index contributed by atoms with van der Waals surface area (Å²) in [5, 5.41) is 8.83. The lowest BCUT2D eigenvalue weighted by Crippen LogP contribution is -2.22. The van der Waals surface area contributed by atoms with Gasteiger partial charge in [0.05, 0.1) is 18.4 Å². The van der Waals surface area contributed by atoms with Crippen molar-refractivity contribution in [3.63, 3.8) is 0 Å². The van der Waals surface area contributed by atoms with Crippen LogP contribution in [0, 0.1) is 6.92 Å². The van der Waals surface area contributed by atoms with Crippen molar-refractivity contribution in [2.24, 2.45) is 4.99 Å². The quantitative estimate of drug-likeness (QED) is 0.643. The van der Waals surface area contributed by atoms with Crippen LogP contribution in [-0.4, -0.2) is 36.5 Å². The topological polar surface area (TPSA) is 85.2 Å². The largest absolute Gasteiger partial charge is 0.479 e. The standard InChI is InChI=1S/C19H19NO5/c1-12-16(19(23)24-3)5-4-6-17(12)20-11-14-7-9-15(10-8-14)25-13(2)18(21)22/h4-11,13H,1-3H3,(H,21,22). The number of benzene rings is 2. The van der Waals surface area contributed by atoms with E-state index in [1.165, 1.54) is 14.0 Å². The van der Waals surface area contributed by atoms with Crippen molar-refractivity contribution in [2.75, 3.05) is 7.11 Å². The fourth-order valence-corrected chi connectivity index (χ4v) is 2.13. The van der Waals surface area contributed by atoms with E-state index in [1.54, 1.807) is 42.6 Å². The number of nitrogens with zero attached hydrogens (tertiary/aromatic N) is 1. The molecule has 0 heterocycles. The SMILES string of the molecule is COC(=O)c1cccc(N=Cc2ccc(OC(C)C(=O)O)cc2)c1C. The summed E-state index contributed by atoms with van der Waals surface area (Å²) in [6.45, 7) is 3.28. The summed E-state index contributed by atoms with van der Waals surface area (Å²) in [5.41, 5.74) is 2.70. The second-order valence-corrected chi connectivity index (χ2v) is 5.37. The molecule has 0 spiro atoms. The fraction of sp³-hybridized carbons (Fsp3) is 0.211. The smallest absolute Gasteiger partial charge is 0.344 e. The zero-order valence-corrected chi connectivity index (χ0v) is 14.2. The Bertz CT molecular complexity index is 796. The van der Waals surface area contributed by atoms with Crippen LogP contribution < -0.4 is 4.74 Å². The van der Waals surface area contributed by atoms with Crippen molar-refractivity contribution in [3.05, 3.63) is 59.2 Å². The molecule has 1 unspecified atom stereocenters. The molecule has 6 nitrogen and oxygen atoms in total. The molecule has 2 rings (SSSR count). The van der Waals surface area contributed by atoms with Crippen LogP contribution in [-0.2, 0) is 9.53 Å². The Morgan fingerprint density at radius 1 is 1.16 bits per heavy atom. The van der Waals surface area contributed by atoms with E-state index in [0.29, 0.717) is 17.0 Å². The predicted molar refractivity (Wildman–Crippen MR) is 93.9 cm³/mol. The first-order chi connectivity index (χ1) is 11.9. The number of ether oxygens (including phenoxy) is 2. The molecule has 130 valence electrons. The maximum Gasteiger partial charge on any atom is 0.344 e. The van der Waals surface area contributed by atoms with Gasteiger partial charge in [-0.25, -0.2) is 9.59 Å². The Hall–Kier alpha value is -3.15. The van der Waals surface area contributed by atoms with Crippen LogP contribution in [0.5, 0.6) is 5.75 Å². The Morgan fingerprint density at radius 2 is 1.84 bits per heavy atom. The van der Waals surface area contributed by atoms with Crippen LogP contribution in [0.3, 0.4) is 0 Å². The summed E-state index contributed by atoms with van der Waals surface area (Å²) < 4.78 is 10.0. The number of esters is 1. The maximum absolute atomic E-state index is 11.7. The second-order valence-electron chi connectivity index (χ2n) is 5.37. The number of carboxylic acids is 1. The highest BCUT2D eigenvalue weighted by atomic mass is 16.5. The van der Waals surface area contributed by atoms with Gasteiger partial charge >= 0.3 is 11.9 Å². The third kappa shape index (κ3) is 4.67. The van der Waals surface area contributed by atoms with Crippen molar-refractivity contribution < 1.29 is 24.2 Å². The highest BCUT2D eigenvalue weighted by Crippen LogP contribution is 2.22. The normalized spacial score (nSPS) is 12.0. The average Bonchev–Trinajstić information content (AvgIpc) is 2.61. The van der Waals surface area contributed by atoms with Gasteiger partial charge in [-0.2, -0.15) is 0 Å². The van der Waals surface area contributed by atoms with Gasteiger partial charge in [-0.15, -0.1) is 0 Å². The van der Waals surface area contributed by atoms with E-state index in [0.717, 1.165) is 11.1 Å². The van der Waals surface area contributed by atoms with Gasteiger partial charge < -0.3 is 14.6 Å². The Kier molecular flexibility index (Phi) is 5.89. The molecular formula is C19H19NO5. The maximum atomic E-state index is 11.7. The molecule has 1 atom stereocenters. The molecule has 2 aromatic carbocycles. The van der Waals surface area contributed by atoms with Gasteiger partial charge in [-0.05, 0) is 61.4 Å². The highest BCUT2D eigenvalue weighted by molar-refractivity contribution is 5.93. The molecular weight excluding hydrogens is 322 g/mol. The molecule has 0 aliphatic heterocycles. The minimum Gasteiger partial charge on any atom is -0.479 e. The zero-order valence-electron chi connectivity index (χ0n) is 14.2. The molecule has 0 saturated carbocycles. The third-order valence-electron chi connectivity index (χ3n) is 3.60. The van der Waals surface area contributed by atoms with E-state index in [1.807, 2.05) is 13.0 Å². The first-order valence-corrected chi connectivity index (χ1v) is 7.64. The number of aliphatic carboxylic acids is 1. The van der Waals surface area contributed by atoms with Gasteiger partial charge in [-0.3, -0.25) is 4.99 Å². The van der Waals surface area contributed by atoms with Gasteiger partial charge in [0.1, 0.15) is 5.75 Å². The summed E-state index contributed by atoms with van der Waals surface area (Å²) in [6, 6.07) is 12.1. The first kappa shape index (κ1) is 18.2. The molecule has 0 saturated heterocycles. The monoisotopic (exact) mass is 341 g/mol. The van der Waals surface area contributed by atoms with Crippen LogP contribution in [0.2, 0.25) is 0 Å². The predicted octanol–water partition coefficient (Wildman–Crippen LogP) is 3.38. The van der Waals surface area contributed by atoms with Crippen molar-refractivity contribution in [1.82, 2.24) is 0 Å². The van der Waals surface area contributed by atoms with E-state index < -0.39 is 18.0 Å². The number of carboxylic acid groups (broad SMARTS) is 1. The molecule has 0 aromatic heterocycles. The average molecular weight is 341 g/mol. The van der Waals surface area contributed by atoms with Gasteiger partial charge in [0.25, 0.3) is 0 Å². The van der Waals surface area contributed by atoms with E-state index in [4.69, 9.17) is 14.6 Å². The summed E-state index contributed by atoms with van der Waals surface area (Å²) in [4.78, 5) is 26.9. The Balaban J connectivity index is 2.15. The second kappa shape index (κ2) is 8.10. The highest BCUT2D eigenvalue weighted by Gasteiger charge is 2.12. The molecule has 0 fully saturated rings. The number of methoxy groups -OCH3 is 1. The van der Waals surface area contributed by atoms with Gasteiger partial charge in [0.2, 0.25) is 0 Å². The number of carbonyl (C=O) groups excluding carboxylic acids is 1. The summed E-state index contributed by atoms with van der Waals surface area (Å²) in [6.07, 6.45) is 0.747. The molecule has 0 radical (unpaired) electrons. The van der Waals surface area contributed by atoms with E-state index in [-0.39, 0.29) is 0 Å². The molecule has 6 heteroatoms. The zero-order chi connectivity index (χ0) is 18.4. The van der Waals surface area contributed by atoms with Gasteiger partial charge in [-0.1, -0.05) is 6.07 Å². The van der Waals surface area contributed by atoms with Gasteiger partial charge in [0.15, 0.2) is 6.10 Å². The Labute approximate surface area is 145 Å². The molecule has 2 aromatic rings. The van der Waals surface area contributed by atoms with Gasteiger partial charge in [0, 0.05) is 6.21 Å². The van der Waals surface area contributed by atoms with E-state index >= 15 is 0 Å². The van der Waals surface area contributed by atoms with Crippen molar-refractivity contribution in [3.8, 4) is 5.75 Å². The number of hydrogen-bond donors (Lipinski definition) is 1. The molecule has 0 amide bonds. The molecule has 0 aliphatic rings. The molecule has 0 bridgehead atoms. The molecule has 25 heavy (non-hydrogen) atoms. The fourth-order valence-electron chi connectivity index (χ4n) is 2.13. The first-order valence-electron chi connectivity index (χ1n) is 7.64. The Morgan fingerprint density at radius 3 is 2.44 bits per heavy atom. The summed E-state index contributed by atoms with van der Waals surface area (Å²) >= 11 is 0. The van der Waals surface area contributed by atoms with Crippen LogP contribution in [0.4, 0.5) is 5.69 Å². The molecule has 0 aliphatic carbocycles. The number of aliphatic imine (C=N–C) groups is 1. The van der Waals surface area contributed by atoms with Crippen molar-refractivity contribution in [2.45, 2.75) is 20.0 Å². The summed E-state index contributed by atoms with van der Waals surface area (Å²) in [7, 11) is 1.34. The number of rotatable bonds is 6. The lowest BCUT2D eigenvalue weighted by molar-refractivity contribution is -0.144. The van der Waals surface area contributed by atoms with Crippen LogP contribution >= 0.6 is 0 Å². The van der Waals surface area contributed by atoms with Crippen molar-refractivity contribution >= 4 is 23.8 Å². The van der Waals surface area contributed by atoms with Crippen LogP contribution in [0.1, 0.15) is 28.4 Å². The lowest BCUT2D eigenvalue weighted by atomic mass is 10.1. The molecule has 1 N–H and O–H groups in total. The lowest BCUT2D eigenvalue weighted by Gasteiger charge is -2.10. The van der Waals surface area contributed by atoms with Crippen LogP contribution in [0.15, 0.2) is 47.5 Å². The van der Waals surface area contributed by atoms with Crippen LogP contribution in [0.25, 0.3) is 0 Å². The minimum absolute atomic E-state index is 0.399.